The fourth-order valence-electron chi connectivity index (χ4n) is 0. The number of rotatable bonds is 2. The predicted molar refractivity (Wildman–Crippen MR) is 14.2 cm³/mol. The summed E-state index contributed by atoms with van der Waals surface area (Å²) >= 11 is 0. The third-order valence-electron chi connectivity index (χ3n) is 0.0913. The summed E-state index contributed by atoms with van der Waals surface area (Å²) in [7, 11) is 0. The first-order valence-electron chi connectivity index (χ1n) is 1.51. The maximum Gasteiger partial charge on any atom is 0.210 e. The van der Waals surface area contributed by atoms with Gasteiger partial charge in [-0.2, -0.15) is 0 Å². The second kappa shape index (κ2) is 2.92. The first kappa shape index (κ1) is 2.18. The SMILES string of the molecule is [3H]OCCO. The van der Waals surface area contributed by atoms with E-state index in [-0.39, 0.29) is 13.2 Å². The highest BCUT2D eigenvalue weighted by molar-refractivity contribution is 4.06. The molecule has 0 heterocycles. The minimum absolute atomic E-state index is 0.0660. The average Bonchev–Trinajstić information content (AvgIpc) is 1.41. The van der Waals surface area contributed by atoms with Crippen molar-refractivity contribution in [2.45, 2.75) is 0 Å². The van der Waals surface area contributed by atoms with E-state index in [0.29, 0.717) is 0 Å². The molecular formula is C2H6O2. The van der Waals surface area contributed by atoms with Crippen molar-refractivity contribution in [2.75, 3.05) is 13.2 Å². The highest BCUT2D eigenvalue weighted by Gasteiger charge is 1.58. The number of hydrogen-bond acceptors (Lipinski definition) is 2. The van der Waals surface area contributed by atoms with Gasteiger partial charge in [-0.05, 0) is 0 Å². The molecule has 2 N–H and O–H groups in total. The van der Waals surface area contributed by atoms with Crippen LogP contribution in [0.4, 0.5) is 0 Å². The summed E-state index contributed by atoms with van der Waals surface area (Å²) < 4.78 is 5.94. The van der Waals surface area contributed by atoms with Gasteiger partial charge in [0.1, 0.15) is 0 Å². The van der Waals surface area contributed by atoms with Crippen molar-refractivity contribution in [2.24, 2.45) is 0 Å². The molecule has 2 heteroatoms. The Morgan fingerprint density at radius 1 is 1.75 bits per heavy atom. The van der Waals surface area contributed by atoms with Crippen LogP contribution in [0.2, 0.25) is 0 Å². The molecule has 2 nitrogen and oxygen atoms in total. The van der Waals surface area contributed by atoms with Crippen molar-refractivity contribution < 1.29 is 10.2 Å². The molecule has 0 unspecified atom stereocenters. The van der Waals surface area contributed by atoms with Gasteiger partial charge in [-0.15, -0.1) is 0 Å². The highest BCUT2D eigenvalue weighted by Crippen LogP contribution is 1.39. The maximum absolute atomic E-state index is 7.82. The summed E-state index contributed by atoms with van der Waals surface area (Å²) in [5.41, 5.74) is 0. The van der Waals surface area contributed by atoms with Crippen molar-refractivity contribution in [1.29, 1.82) is 1.43 Å². The Hall–Kier alpha value is -0.0800. The van der Waals surface area contributed by atoms with Gasteiger partial charge in [-0.3, -0.25) is 0 Å². The Morgan fingerprint density at radius 3 is 2.50 bits per heavy atom. The first-order valence-corrected chi connectivity index (χ1v) is 1.10. The second-order valence-electron chi connectivity index (χ2n) is 0.428. The lowest BCUT2D eigenvalue weighted by atomic mass is 10.8. The van der Waals surface area contributed by atoms with Gasteiger partial charge in [0.15, 0.2) is 0 Å². The molecule has 0 fully saturated rings. The largest absolute Gasteiger partial charge is 0.394 e. The Labute approximate surface area is 26.2 Å². The topological polar surface area (TPSA) is 40.5 Å². The molecule has 0 amide bonds. The molecule has 0 saturated carbocycles. The van der Waals surface area contributed by atoms with Crippen LogP contribution in [0.15, 0.2) is 0 Å². The Bertz CT molecular complexity index is 15.1. The molecule has 0 aromatic heterocycles. The molecule has 0 aliphatic rings. The third-order valence-corrected chi connectivity index (χ3v) is 0.0913. The normalized spacial score (nSPS) is 10.8. The van der Waals surface area contributed by atoms with Crippen LogP contribution in [-0.2, 0) is 0 Å². The van der Waals surface area contributed by atoms with Crippen LogP contribution in [0.1, 0.15) is 0 Å². The van der Waals surface area contributed by atoms with Gasteiger partial charge >= 0.3 is 0 Å². The fourth-order valence-corrected chi connectivity index (χ4v) is 0. The number of aliphatic hydroxyl groups is 2. The van der Waals surface area contributed by atoms with E-state index in [4.69, 9.17) is 6.54 Å². The van der Waals surface area contributed by atoms with E-state index >= 15 is 0 Å². The van der Waals surface area contributed by atoms with Crippen molar-refractivity contribution >= 4 is 0 Å². The first-order chi connectivity index (χ1) is 2.41. The van der Waals surface area contributed by atoms with Gasteiger partial charge in [-0.25, -0.2) is 0 Å². The standard InChI is InChI=1S/C2H6O2/c3-1-2-4/h3-4H,1-2H2/i3T. The van der Waals surface area contributed by atoms with Crippen LogP contribution in [-0.4, -0.2) is 24.9 Å². The Morgan fingerprint density at radius 2 is 2.50 bits per heavy atom. The van der Waals surface area contributed by atoms with E-state index in [1.165, 1.54) is 0 Å². The summed E-state index contributed by atoms with van der Waals surface area (Å²) in [5.74, 6) is 0. The molecular weight excluding hydrogens is 56.0 g/mol. The van der Waals surface area contributed by atoms with Crippen LogP contribution in [0, 0.1) is 0 Å². The third kappa shape index (κ3) is 1.92. The highest BCUT2D eigenvalue weighted by atomic mass is 16.3. The van der Waals surface area contributed by atoms with Gasteiger partial charge < -0.3 is 10.2 Å². The summed E-state index contributed by atoms with van der Waals surface area (Å²) in [6.07, 6.45) is 0. The van der Waals surface area contributed by atoms with Gasteiger partial charge in [0.25, 0.3) is 0 Å². The molecule has 0 bridgehead atoms. The molecule has 0 atom stereocenters. The molecule has 0 aromatic carbocycles. The number of hydrogen-bond donors (Lipinski definition) is 2. The summed E-state index contributed by atoms with van der Waals surface area (Å²) in [6, 6.07) is 0. The maximum atomic E-state index is 7.82. The van der Waals surface area contributed by atoms with Crippen molar-refractivity contribution in [3.63, 3.8) is 0 Å². The van der Waals surface area contributed by atoms with Gasteiger partial charge in [0.2, 0.25) is 1.43 Å². The van der Waals surface area contributed by atoms with Crippen LogP contribution in [0.25, 0.3) is 0 Å². The lowest BCUT2D eigenvalue weighted by molar-refractivity contribution is 0.186. The van der Waals surface area contributed by atoms with Gasteiger partial charge in [0, 0.05) is 0 Å². The average molecular weight is 64.1 g/mol. The summed E-state index contributed by atoms with van der Waals surface area (Å²) in [6.45, 7) is 0.0451. The van der Waals surface area contributed by atoms with E-state index in [0.717, 1.165) is 0 Å². The molecule has 0 aromatic rings. The molecule has 4 heavy (non-hydrogen) atoms. The zero-order chi connectivity index (χ0) is 4.12. The molecule has 0 saturated heterocycles. The molecule has 0 radical (unpaired) electrons. The van der Waals surface area contributed by atoms with Crippen LogP contribution in [0.5, 0.6) is 0 Å². The van der Waals surface area contributed by atoms with Crippen molar-refractivity contribution in [3.05, 3.63) is 0 Å². The van der Waals surface area contributed by atoms with E-state index in [1.54, 1.807) is 0 Å². The minimum atomic E-state index is -0.0660. The Kier molecular flexibility index (Phi) is 1.59. The minimum Gasteiger partial charge on any atom is -0.394 e. The van der Waals surface area contributed by atoms with E-state index in [2.05, 4.69) is 5.11 Å². The molecule has 0 aliphatic heterocycles. The van der Waals surface area contributed by atoms with Crippen LogP contribution < -0.4 is 0 Å². The second-order valence-corrected chi connectivity index (χ2v) is 0.428. The molecule has 0 aliphatic carbocycles. The Balaban J connectivity index is 2.19. The van der Waals surface area contributed by atoms with E-state index in [1.807, 2.05) is 0 Å². The smallest absolute Gasteiger partial charge is 0.210 e. The van der Waals surface area contributed by atoms with E-state index in [9.17, 15) is 0 Å². The molecule has 0 spiro atoms. The zero-order valence-corrected chi connectivity index (χ0v) is 2.27. The fraction of sp³-hybridized carbons (Fsp3) is 1.00. The number of aliphatic hydroxyl groups excluding tert-OH is 2. The van der Waals surface area contributed by atoms with Gasteiger partial charge in [-0.1, -0.05) is 0 Å². The summed E-state index contributed by atoms with van der Waals surface area (Å²) in [4.78, 5) is 0. The quantitative estimate of drug-likeness (QED) is 0.431. The summed E-state index contributed by atoms with van der Waals surface area (Å²) in [5, 5.41) is 11.5. The van der Waals surface area contributed by atoms with Crippen LogP contribution in [0.3, 0.4) is 0 Å². The molecule has 0 rings (SSSR count). The molecule has 26 valence electrons. The van der Waals surface area contributed by atoms with E-state index < -0.39 is 0 Å². The van der Waals surface area contributed by atoms with Crippen molar-refractivity contribution in [1.82, 2.24) is 0 Å². The van der Waals surface area contributed by atoms with Crippen molar-refractivity contribution in [3.8, 4) is 0 Å². The van der Waals surface area contributed by atoms with Crippen LogP contribution >= 0.6 is 0 Å². The zero-order valence-electron chi connectivity index (χ0n) is 3.27. The lowest BCUT2D eigenvalue weighted by Gasteiger charge is -1.70. The monoisotopic (exact) mass is 64.0 g/mol. The lowest BCUT2D eigenvalue weighted by Crippen LogP contribution is -1.85. The predicted octanol–water partition coefficient (Wildman–Crippen LogP) is -1.03. The van der Waals surface area contributed by atoms with Gasteiger partial charge in [0.05, 0.1) is 13.2 Å².